The summed E-state index contributed by atoms with van der Waals surface area (Å²) in [5.41, 5.74) is 0.481. The van der Waals surface area contributed by atoms with E-state index in [-0.39, 0.29) is 64.2 Å². The first-order valence-corrected chi connectivity index (χ1v) is 18.7. The van der Waals surface area contributed by atoms with Crippen LogP contribution < -0.4 is 9.46 Å². The van der Waals surface area contributed by atoms with Gasteiger partial charge in [0.05, 0.1) is 36.7 Å². The van der Waals surface area contributed by atoms with Crippen molar-refractivity contribution in [2.24, 2.45) is 13.0 Å². The number of hydrogen-bond acceptors (Lipinski definition) is 11. The summed E-state index contributed by atoms with van der Waals surface area (Å²) in [6.45, 7) is 8.61. The summed E-state index contributed by atoms with van der Waals surface area (Å²) < 4.78 is 76.0. The van der Waals surface area contributed by atoms with Crippen LogP contribution in [0.25, 0.3) is 0 Å². The van der Waals surface area contributed by atoms with E-state index in [1.54, 1.807) is 33.9 Å². The third kappa shape index (κ3) is 8.55. The molecule has 2 N–H and O–H groups in total. The van der Waals surface area contributed by atoms with E-state index in [9.17, 15) is 26.7 Å². The maximum absolute atomic E-state index is 14.3. The van der Waals surface area contributed by atoms with E-state index >= 15 is 0 Å². The molecule has 3 aromatic rings. The Morgan fingerprint density at radius 1 is 1.17 bits per heavy atom. The highest BCUT2D eigenvalue weighted by atomic mass is 32.2. The summed E-state index contributed by atoms with van der Waals surface area (Å²) in [5, 5.41) is 13.8. The van der Waals surface area contributed by atoms with Crippen molar-refractivity contribution in [1.29, 1.82) is 0 Å². The third-order valence-electron chi connectivity index (χ3n) is 8.33. The highest BCUT2D eigenvalue weighted by Gasteiger charge is 2.34. The lowest BCUT2D eigenvalue weighted by molar-refractivity contribution is -0.00835. The van der Waals surface area contributed by atoms with Crippen molar-refractivity contribution in [2.75, 3.05) is 38.1 Å². The van der Waals surface area contributed by atoms with E-state index in [0.29, 0.717) is 19.4 Å². The minimum atomic E-state index is -4.06. The predicted molar refractivity (Wildman–Crippen MR) is 177 cm³/mol. The zero-order valence-electron chi connectivity index (χ0n) is 28.4. The monoisotopic (exact) mass is 710 g/mol. The van der Waals surface area contributed by atoms with Crippen molar-refractivity contribution in [3.8, 4) is 5.75 Å². The van der Waals surface area contributed by atoms with Crippen molar-refractivity contribution in [1.82, 2.24) is 23.9 Å². The molecule has 1 amide bonds. The van der Waals surface area contributed by atoms with Gasteiger partial charge >= 0.3 is 0 Å². The lowest BCUT2D eigenvalue weighted by Gasteiger charge is -2.35. The summed E-state index contributed by atoms with van der Waals surface area (Å²) in [6, 6.07) is 3.83. The van der Waals surface area contributed by atoms with Crippen molar-refractivity contribution >= 4 is 31.6 Å². The van der Waals surface area contributed by atoms with Crippen LogP contribution in [-0.4, -0.2) is 103 Å². The quantitative estimate of drug-likeness (QED) is 0.333. The first-order chi connectivity index (χ1) is 22.5. The number of aromatic nitrogens is 3. The van der Waals surface area contributed by atoms with Gasteiger partial charge in [0.1, 0.15) is 16.3 Å². The molecule has 3 heterocycles. The summed E-state index contributed by atoms with van der Waals surface area (Å²) >= 11 is 0. The molecule has 0 saturated carbocycles. The molecule has 0 spiro atoms. The van der Waals surface area contributed by atoms with Crippen LogP contribution in [0, 0.1) is 19.8 Å². The first kappa shape index (κ1) is 37.3. The van der Waals surface area contributed by atoms with Gasteiger partial charge in [-0.15, -0.1) is 0 Å². The molecule has 0 radical (unpaired) electrons. The number of anilines is 1. The lowest BCUT2D eigenvalue weighted by atomic mass is 10.0. The summed E-state index contributed by atoms with van der Waals surface area (Å²) in [7, 11) is -4.92. The average molecular weight is 711 g/mol. The number of amides is 1. The topological polar surface area (TPSA) is 186 Å². The number of nitrogens with one attached hydrogen (secondary N) is 1. The average Bonchev–Trinajstić information content (AvgIpc) is 3.63. The van der Waals surface area contributed by atoms with Crippen molar-refractivity contribution in [3.63, 3.8) is 0 Å². The molecule has 0 aliphatic carbocycles. The van der Waals surface area contributed by atoms with Crippen LogP contribution in [-0.2, 0) is 31.8 Å². The Kier molecular flexibility index (Phi) is 11.9. The van der Waals surface area contributed by atoms with Gasteiger partial charge < -0.3 is 28.6 Å². The number of hydrogen-bond donors (Lipinski definition) is 2. The minimum Gasteiger partial charge on any atom is -0.490 e. The molecule has 17 heteroatoms. The molecule has 48 heavy (non-hydrogen) atoms. The van der Waals surface area contributed by atoms with Crippen LogP contribution in [0.15, 0.2) is 45.2 Å². The highest BCUT2D eigenvalue weighted by molar-refractivity contribution is 7.92. The molecule has 1 aromatic carbocycles. The fraction of sp³-hybridized carbons (Fsp3) is 0.581. The lowest BCUT2D eigenvalue weighted by Crippen LogP contribution is -2.48. The van der Waals surface area contributed by atoms with E-state index < -0.39 is 44.0 Å². The number of aryl methyl sites for hydroxylation is 3. The van der Waals surface area contributed by atoms with E-state index in [0.717, 1.165) is 6.42 Å². The second kappa shape index (κ2) is 15.4. The molecule has 4 rings (SSSR count). The van der Waals surface area contributed by atoms with Crippen molar-refractivity contribution in [2.45, 2.75) is 82.1 Å². The number of imidazole rings is 1. The van der Waals surface area contributed by atoms with Gasteiger partial charge in [-0.2, -0.15) is 12.7 Å². The number of likely N-dealkylation sites (N-methyl/N-ethyl adjacent to an activating group) is 1. The van der Waals surface area contributed by atoms with Gasteiger partial charge in [0.25, 0.3) is 15.9 Å². The van der Waals surface area contributed by atoms with Gasteiger partial charge in [0, 0.05) is 51.6 Å². The number of nitrogens with zero attached hydrogens (tertiary/aromatic N) is 5. The van der Waals surface area contributed by atoms with Crippen LogP contribution >= 0.6 is 0 Å². The number of benzene rings is 1. The molecular formula is C31H46N6O9S2. The van der Waals surface area contributed by atoms with Crippen LogP contribution in [0.3, 0.4) is 0 Å². The Balaban J connectivity index is 1.68. The smallest absolute Gasteiger partial charge is 0.280 e. The summed E-state index contributed by atoms with van der Waals surface area (Å²) in [4.78, 5) is 19.7. The zero-order valence-corrected chi connectivity index (χ0v) is 30.0. The maximum Gasteiger partial charge on any atom is 0.280 e. The van der Waals surface area contributed by atoms with Gasteiger partial charge in [0.15, 0.2) is 10.8 Å². The number of carbonyl (C=O) groups is 1. The van der Waals surface area contributed by atoms with Crippen LogP contribution in [0.2, 0.25) is 0 Å². The number of aliphatic hydroxyl groups is 1. The Hall–Kier alpha value is -3.51. The second-order valence-electron chi connectivity index (χ2n) is 12.4. The van der Waals surface area contributed by atoms with Crippen molar-refractivity contribution < 1.29 is 40.7 Å². The normalized spacial score (nSPS) is 21.0. The van der Waals surface area contributed by atoms with Gasteiger partial charge in [-0.1, -0.05) is 12.1 Å². The number of fused-ring (bicyclic) bond motifs is 1. The summed E-state index contributed by atoms with van der Waals surface area (Å²) in [6.07, 6.45) is 3.89. The maximum atomic E-state index is 14.3. The number of rotatable bonds is 9. The fourth-order valence-electron chi connectivity index (χ4n) is 5.53. The molecule has 266 valence electrons. The molecule has 1 aliphatic heterocycles. The summed E-state index contributed by atoms with van der Waals surface area (Å²) in [5.74, 6) is -0.449. The van der Waals surface area contributed by atoms with Crippen LogP contribution in [0.5, 0.6) is 5.75 Å². The van der Waals surface area contributed by atoms with Gasteiger partial charge in [-0.05, 0) is 65.2 Å². The molecule has 15 nitrogen and oxygen atoms in total. The Morgan fingerprint density at radius 3 is 2.52 bits per heavy atom. The molecule has 0 saturated heterocycles. The highest BCUT2D eigenvalue weighted by Crippen LogP contribution is 2.30. The van der Waals surface area contributed by atoms with Gasteiger partial charge in [-0.3, -0.25) is 9.52 Å². The van der Waals surface area contributed by atoms with E-state index in [4.69, 9.17) is 14.0 Å². The van der Waals surface area contributed by atoms with Crippen LogP contribution in [0.4, 0.5) is 5.69 Å². The number of sulfonamides is 2. The SMILES string of the molecule is Cc1noc(C)c1S(=O)(=O)N(C)C[C@@H]1OCCCC[C@@H](C)Oc2ccc(NS(=O)(=O)c3cn(C)cn3)cc2C(=O)N([C@H](C)CO)C[C@@H]1C. The zero-order chi connectivity index (χ0) is 35.4. The molecule has 2 aromatic heterocycles. The molecule has 0 bridgehead atoms. The largest absolute Gasteiger partial charge is 0.490 e. The van der Waals surface area contributed by atoms with Crippen LogP contribution in [0.1, 0.15) is 61.8 Å². The van der Waals surface area contributed by atoms with E-state index in [2.05, 4.69) is 14.9 Å². The molecule has 4 atom stereocenters. The van der Waals surface area contributed by atoms with Gasteiger partial charge in [-0.25, -0.2) is 13.4 Å². The Morgan fingerprint density at radius 2 is 1.90 bits per heavy atom. The predicted octanol–water partition coefficient (Wildman–Crippen LogP) is 2.94. The van der Waals surface area contributed by atoms with Gasteiger partial charge in [0.2, 0.25) is 10.0 Å². The van der Waals surface area contributed by atoms with E-state index in [1.165, 1.54) is 45.5 Å². The minimum absolute atomic E-state index is 0.00400. The Bertz CT molecular complexity index is 1770. The number of ether oxygens (including phenoxy) is 2. The molecule has 0 fully saturated rings. The molecule has 0 unspecified atom stereocenters. The first-order valence-electron chi connectivity index (χ1n) is 15.8. The third-order valence-corrected chi connectivity index (χ3v) is 11.7. The van der Waals surface area contributed by atoms with Crippen molar-refractivity contribution in [3.05, 3.63) is 47.7 Å². The number of aliphatic hydroxyl groups excluding tert-OH is 1. The molecular weight excluding hydrogens is 665 g/mol. The Labute approximate surface area is 282 Å². The number of carbonyl (C=O) groups excluding carboxylic acids is 1. The fourth-order valence-corrected chi connectivity index (χ4v) is 8.03. The molecule has 1 aliphatic rings. The standard InChI is InChI=1S/C31H46N6O9S2/c1-20-15-37(21(2)18-38)31(39)26-14-25(34-47(40,41)29-17-35(6)19-32-29)11-12-27(26)45-22(3)10-8-9-13-44-28(20)16-36(7)48(42,43)30-23(4)33-46-24(30)5/h11-12,14,17,19-22,28,34,38H,8-10,13,15-16,18H2,1-7H3/t20-,21+,22+,28-/m0/s1. The second-order valence-corrected chi connectivity index (χ2v) is 16.0. The van der Waals surface area contributed by atoms with E-state index in [1.807, 2.05) is 13.8 Å².